The molecule has 0 aliphatic heterocycles. The Balaban J connectivity index is 1.86. The number of alkyl carbamates (subject to hydrolysis) is 1. The third kappa shape index (κ3) is 5.79. The van der Waals surface area contributed by atoms with Gasteiger partial charge in [-0.05, 0) is 32.9 Å². The van der Waals surface area contributed by atoms with E-state index in [1.807, 2.05) is 0 Å². The van der Waals surface area contributed by atoms with Crippen LogP contribution in [0, 0.1) is 5.82 Å². The molecule has 0 aliphatic rings. The van der Waals surface area contributed by atoms with Gasteiger partial charge in [0.05, 0.1) is 11.9 Å². The van der Waals surface area contributed by atoms with Gasteiger partial charge >= 0.3 is 6.09 Å². The number of anilines is 1. The molecule has 0 unspecified atom stereocenters. The minimum Gasteiger partial charge on any atom is -0.444 e. The molecular formula is C16H20FN5O2. The van der Waals surface area contributed by atoms with Crippen molar-refractivity contribution in [2.45, 2.75) is 26.4 Å². The topological polar surface area (TPSA) is 89.0 Å². The van der Waals surface area contributed by atoms with E-state index in [-0.39, 0.29) is 0 Å². The molecule has 2 heterocycles. The highest BCUT2D eigenvalue weighted by molar-refractivity contribution is 5.67. The van der Waals surface area contributed by atoms with Crippen molar-refractivity contribution >= 4 is 12.0 Å². The van der Waals surface area contributed by atoms with Crippen LogP contribution in [0.25, 0.3) is 11.3 Å². The summed E-state index contributed by atoms with van der Waals surface area (Å²) in [7, 11) is 0. The first kappa shape index (κ1) is 17.6. The number of carbonyl (C=O) groups is 1. The molecule has 8 heteroatoms. The Hall–Kier alpha value is -2.77. The number of hydrogen-bond donors (Lipinski definition) is 2. The summed E-state index contributed by atoms with van der Waals surface area (Å²) < 4.78 is 18.3. The number of ether oxygens (including phenoxy) is 1. The van der Waals surface area contributed by atoms with E-state index in [9.17, 15) is 9.18 Å². The summed E-state index contributed by atoms with van der Waals surface area (Å²) in [4.78, 5) is 23.7. The molecule has 128 valence electrons. The van der Waals surface area contributed by atoms with E-state index in [1.165, 1.54) is 12.3 Å². The average molecular weight is 333 g/mol. The molecule has 2 aromatic rings. The average Bonchev–Trinajstić information content (AvgIpc) is 2.50. The van der Waals surface area contributed by atoms with Crippen molar-refractivity contribution in [1.29, 1.82) is 0 Å². The number of hydrogen-bond acceptors (Lipinski definition) is 6. The van der Waals surface area contributed by atoms with Gasteiger partial charge in [0.25, 0.3) is 0 Å². The number of aromatic nitrogens is 3. The van der Waals surface area contributed by atoms with E-state index in [0.717, 1.165) is 6.20 Å². The monoisotopic (exact) mass is 333 g/mol. The maximum Gasteiger partial charge on any atom is 0.407 e. The number of carbonyl (C=O) groups excluding carboxylic acids is 1. The fraction of sp³-hybridized carbons (Fsp3) is 0.375. The summed E-state index contributed by atoms with van der Waals surface area (Å²) in [5.41, 5.74) is 0.584. The smallest absolute Gasteiger partial charge is 0.407 e. The Morgan fingerprint density at radius 3 is 2.79 bits per heavy atom. The van der Waals surface area contributed by atoms with Crippen LogP contribution >= 0.6 is 0 Å². The zero-order valence-corrected chi connectivity index (χ0v) is 13.8. The highest BCUT2D eigenvalue weighted by Crippen LogP contribution is 2.17. The molecule has 0 saturated heterocycles. The van der Waals surface area contributed by atoms with Gasteiger partial charge in [-0.3, -0.25) is 4.98 Å². The van der Waals surface area contributed by atoms with Crippen molar-refractivity contribution in [2.24, 2.45) is 0 Å². The van der Waals surface area contributed by atoms with Crippen LogP contribution in [-0.4, -0.2) is 39.7 Å². The van der Waals surface area contributed by atoms with Gasteiger partial charge in [0.1, 0.15) is 11.4 Å². The molecule has 0 atom stereocenters. The minimum absolute atomic E-state index is 0.351. The summed E-state index contributed by atoms with van der Waals surface area (Å²) in [6.07, 6.45) is 3.74. The van der Waals surface area contributed by atoms with E-state index in [2.05, 4.69) is 25.6 Å². The second kappa shape index (κ2) is 7.67. The van der Waals surface area contributed by atoms with Gasteiger partial charge in [-0.1, -0.05) is 0 Å². The first-order valence-corrected chi connectivity index (χ1v) is 7.48. The summed E-state index contributed by atoms with van der Waals surface area (Å²) in [6, 6.07) is 3.02. The normalized spacial score (nSPS) is 11.0. The highest BCUT2D eigenvalue weighted by Gasteiger charge is 2.15. The van der Waals surface area contributed by atoms with Crippen LogP contribution in [0.2, 0.25) is 0 Å². The van der Waals surface area contributed by atoms with Crippen LogP contribution < -0.4 is 10.6 Å². The van der Waals surface area contributed by atoms with E-state index >= 15 is 0 Å². The fourth-order valence-electron chi connectivity index (χ4n) is 1.81. The molecule has 7 nitrogen and oxygen atoms in total. The molecule has 0 saturated carbocycles. The molecule has 0 spiro atoms. The lowest BCUT2D eigenvalue weighted by atomic mass is 10.2. The lowest BCUT2D eigenvalue weighted by Crippen LogP contribution is -2.35. The fourth-order valence-corrected chi connectivity index (χ4v) is 1.81. The van der Waals surface area contributed by atoms with E-state index in [0.29, 0.717) is 30.3 Å². The van der Waals surface area contributed by atoms with Gasteiger partial charge in [-0.2, -0.15) is 0 Å². The van der Waals surface area contributed by atoms with Gasteiger partial charge in [0, 0.05) is 31.0 Å². The molecule has 0 aromatic carbocycles. The molecule has 24 heavy (non-hydrogen) atoms. The molecule has 1 amide bonds. The van der Waals surface area contributed by atoms with Crippen LogP contribution in [0.1, 0.15) is 20.8 Å². The van der Waals surface area contributed by atoms with Gasteiger partial charge in [0.2, 0.25) is 5.95 Å². The van der Waals surface area contributed by atoms with Crippen LogP contribution in [0.5, 0.6) is 0 Å². The van der Waals surface area contributed by atoms with Crippen molar-refractivity contribution in [3.63, 3.8) is 0 Å². The predicted molar refractivity (Wildman–Crippen MR) is 87.9 cm³/mol. The number of nitrogens with one attached hydrogen (secondary N) is 2. The molecule has 0 bridgehead atoms. The summed E-state index contributed by atoms with van der Waals surface area (Å²) in [5, 5.41) is 5.61. The Kier molecular flexibility index (Phi) is 5.62. The summed E-state index contributed by atoms with van der Waals surface area (Å²) >= 11 is 0. The Bertz CT molecular complexity index is 703. The second-order valence-corrected chi connectivity index (χ2v) is 6.01. The third-order valence-electron chi connectivity index (χ3n) is 2.73. The standard InChI is InChI=1S/C16H20FN5O2/c1-16(2,3)24-15(23)21-7-6-20-14-19-5-4-13(22-14)11-8-12(17)10-18-9-11/h4-5,8-10H,6-7H2,1-3H3,(H,21,23)(H,19,20,22). The van der Waals surface area contributed by atoms with E-state index in [1.54, 1.807) is 33.0 Å². The first-order chi connectivity index (χ1) is 11.3. The van der Waals surface area contributed by atoms with Crippen molar-refractivity contribution < 1.29 is 13.9 Å². The lowest BCUT2D eigenvalue weighted by molar-refractivity contribution is 0.0530. The Labute approximate surface area is 139 Å². The number of pyridine rings is 1. The second-order valence-electron chi connectivity index (χ2n) is 6.01. The number of rotatable bonds is 5. The highest BCUT2D eigenvalue weighted by atomic mass is 19.1. The largest absolute Gasteiger partial charge is 0.444 e. The van der Waals surface area contributed by atoms with E-state index in [4.69, 9.17) is 4.74 Å². The number of halogens is 1. The molecule has 2 aromatic heterocycles. The zero-order valence-electron chi connectivity index (χ0n) is 13.8. The quantitative estimate of drug-likeness (QED) is 0.818. The Morgan fingerprint density at radius 2 is 2.08 bits per heavy atom. The van der Waals surface area contributed by atoms with Gasteiger partial charge in [0.15, 0.2) is 0 Å². The Morgan fingerprint density at radius 1 is 1.29 bits per heavy atom. The van der Waals surface area contributed by atoms with Crippen molar-refractivity contribution in [3.05, 3.63) is 36.5 Å². The van der Waals surface area contributed by atoms with Crippen LogP contribution in [0.15, 0.2) is 30.7 Å². The molecule has 2 rings (SSSR count). The number of nitrogens with zero attached hydrogens (tertiary/aromatic N) is 3. The van der Waals surface area contributed by atoms with Crippen LogP contribution in [0.4, 0.5) is 15.1 Å². The zero-order chi connectivity index (χ0) is 17.6. The third-order valence-corrected chi connectivity index (χ3v) is 2.73. The van der Waals surface area contributed by atoms with Gasteiger partial charge in [-0.15, -0.1) is 0 Å². The SMILES string of the molecule is CC(C)(C)OC(=O)NCCNc1nccc(-c2cncc(F)c2)n1. The number of amides is 1. The van der Waals surface area contributed by atoms with Crippen molar-refractivity contribution in [3.8, 4) is 11.3 Å². The first-order valence-electron chi connectivity index (χ1n) is 7.48. The molecule has 0 aliphatic carbocycles. The summed E-state index contributed by atoms with van der Waals surface area (Å²) in [6.45, 7) is 6.16. The van der Waals surface area contributed by atoms with Crippen molar-refractivity contribution in [2.75, 3.05) is 18.4 Å². The van der Waals surface area contributed by atoms with Gasteiger partial charge < -0.3 is 15.4 Å². The van der Waals surface area contributed by atoms with E-state index < -0.39 is 17.5 Å². The lowest BCUT2D eigenvalue weighted by Gasteiger charge is -2.19. The molecule has 2 N–H and O–H groups in total. The minimum atomic E-state index is -0.534. The van der Waals surface area contributed by atoms with Crippen molar-refractivity contribution in [1.82, 2.24) is 20.3 Å². The molecule has 0 fully saturated rings. The summed E-state index contributed by atoms with van der Waals surface area (Å²) in [5.74, 6) is -0.0510. The molecular weight excluding hydrogens is 313 g/mol. The van der Waals surface area contributed by atoms with Crippen LogP contribution in [0.3, 0.4) is 0 Å². The maximum absolute atomic E-state index is 13.2. The van der Waals surface area contributed by atoms with Crippen LogP contribution in [-0.2, 0) is 4.74 Å². The maximum atomic E-state index is 13.2. The predicted octanol–water partition coefficient (Wildman–Crippen LogP) is 2.61. The van der Waals surface area contributed by atoms with Gasteiger partial charge in [-0.25, -0.2) is 19.2 Å². The molecule has 0 radical (unpaired) electrons.